The summed E-state index contributed by atoms with van der Waals surface area (Å²) in [6.45, 7) is 6.70. The van der Waals surface area contributed by atoms with Crippen molar-refractivity contribution in [3.8, 4) is 0 Å². The van der Waals surface area contributed by atoms with Crippen LogP contribution in [0.3, 0.4) is 0 Å². The first-order valence-corrected chi connectivity index (χ1v) is 7.24. The van der Waals surface area contributed by atoms with Crippen molar-refractivity contribution in [2.45, 2.75) is 46.1 Å². The zero-order chi connectivity index (χ0) is 14.2. The summed E-state index contributed by atoms with van der Waals surface area (Å²) in [6, 6.07) is 0.175. The maximum Gasteiger partial charge on any atom is 0.287 e. The topological polar surface area (TPSA) is 57.8 Å². The number of imidazole rings is 1. The van der Waals surface area contributed by atoms with Gasteiger partial charge in [0, 0.05) is 6.04 Å². The number of nitrogens with zero attached hydrogens (tertiary/aromatic N) is 1. The minimum Gasteiger partial charge on any atom is -0.347 e. The van der Waals surface area contributed by atoms with E-state index >= 15 is 0 Å². The third-order valence-corrected chi connectivity index (χ3v) is 4.20. The molecule has 106 valence electrons. The lowest BCUT2D eigenvalue weighted by Crippen LogP contribution is -2.43. The summed E-state index contributed by atoms with van der Waals surface area (Å²) in [5.41, 5.74) is 0.258. The number of hydrogen-bond donors (Lipinski definition) is 2. The molecule has 2 N–H and O–H groups in total. The standard InChI is InChI=1S/C13H19Cl2N3O/c1-7-4-8(6-13(2,3)5-7)16-12(19)11-17-9(14)10(15)18-11/h7-8H,4-6H2,1-3H3,(H,16,19)(H,17,18)/t7-,8-/m0/s1. The molecule has 0 bridgehead atoms. The van der Waals surface area contributed by atoms with Crippen LogP contribution in [0.4, 0.5) is 0 Å². The monoisotopic (exact) mass is 303 g/mol. The second kappa shape index (κ2) is 5.33. The predicted octanol–water partition coefficient (Wildman–Crippen LogP) is 3.66. The molecule has 0 unspecified atom stereocenters. The van der Waals surface area contributed by atoms with Gasteiger partial charge in [-0.15, -0.1) is 0 Å². The number of aromatic nitrogens is 2. The molecule has 0 aromatic carbocycles. The summed E-state index contributed by atoms with van der Waals surface area (Å²) in [7, 11) is 0. The molecule has 0 spiro atoms. The van der Waals surface area contributed by atoms with Gasteiger partial charge in [0.05, 0.1) is 0 Å². The molecule has 1 heterocycles. The third kappa shape index (κ3) is 3.63. The van der Waals surface area contributed by atoms with E-state index in [4.69, 9.17) is 23.2 Å². The molecule has 6 heteroatoms. The Hall–Kier alpha value is -0.740. The molecule has 1 aliphatic rings. The highest BCUT2D eigenvalue weighted by Gasteiger charge is 2.33. The Morgan fingerprint density at radius 3 is 2.63 bits per heavy atom. The van der Waals surface area contributed by atoms with Gasteiger partial charge in [0.2, 0.25) is 0 Å². The van der Waals surface area contributed by atoms with Crippen LogP contribution in [0.25, 0.3) is 0 Å². The van der Waals surface area contributed by atoms with Crippen LogP contribution in [0.5, 0.6) is 0 Å². The molecule has 1 amide bonds. The Bertz CT molecular complexity index is 465. The van der Waals surface area contributed by atoms with Gasteiger partial charge < -0.3 is 10.3 Å². The first kappa shape index (κ1) is 14.7. The highest BCUT2D eigenvalue weighted by atomic mass is 35.5. The van der Waals surface area contributed by atoms with Gasteiger partial charge in [0.15, 0.2) is 11.0 Å². The van der Waals surface area contributed by atoms with Crippen LogP contribution in [-0.4, -0.2) is 21.9 Å². The van der Waals surface area contributed by atoms with E-state index < -0.39 is 0 Å². The molecule has 1 fully saturated rings. The van der Waals surface area contributed by atoms with E-state index in [-0.39, 0.29) is 33.5 Å². The van der Waals surface area contributed by atoms with Gasteiger partial charge in [-0.2, -0.15) is 0 Å². The first-order valence-electron chi connectivity index (χ1n) is 6.49. The van der Waals surface area contributed by atoms with Crippen molar-refractivity contribution in [2.24, 2.45) is 11.3 Å². The van der Waals surface area contributed by atoms with Crippen molar-refractivity contribution in [1.82, 2.24) is 15.3 Å². The minimum absolute atomic E-state index is 0.129. The zero-order valence-corrected chi connectivity index (χ0v) is 12.9. The van der Waals surface area contributed by atoms with Crippen LogP contribution in [0.15, 0.2) is 0 Å². The number of carbonyl (C=O) groups is 1. The minimum atomic E-state index is -0.247. The molecule has 2 rings (SSSR count). The molecule has 0 aliphatic heterocycles. The molecule has 1 aliphatic carbocycles. The zero-order valence-electron chi connectivity index (χ0n) is 11.4. The maximum absolute atomic E-state index is 12.1. The molecule has 1 aromatic heterocycles. The Kier molecular flexibility index (Phi) is 4.11. The average molecular weight is 304 g/mol. The highest BCUT2D eigenvalue weighted by Crippen LogP contribution is 2.38. The lowest BCUT2D eigenvalue weighted by Gasteiger charge is -2.39. The Labute approximate surface area is 123 Å². The SMILES string of the molecule is C[C@H]1C[C@H](NC(=O)c2nc(Cl)c(Cl)[nH]2)CC(C)(C)C1. The Morgan fingerprint density at radius 1 is 1.42 bits per heavy atom. The molecular formula is C13H19Cl2N3O. The highest BCUT2D eigenvalue weighted by molar-refractivity contribution is 6.40. The lowest BCUT2D eigenvalue weighted by molar-refractivity contribution is 0.0865. The van der Waals surface area contributed by atoms with Crippen molar-refractivity contribution in [1.29, 1.82) is 0 Å². The van der Waals surface area contributed by atoms with Crippen LogP contribution in [-0.2, 0) is 0 Å². The van der Waals surface area contributed by atoms with Crippen molar-refractivity contribution in [2.75, 3.05) is 0 Å². The molecular weight excluding hydrogens is 285 g/mol. The summed E-state index contributed by atoms with van der Waals surface area (Å²) < 4.78 is 0. The summed E-state index contributed by atoms with van der Waals surface area (Å²) in [5, 5.41) is 3.34. The second-order valence-electron chi connectivity index (χ2n) is 6.27. The Morgan fingerprint density at radius 2 is 2.11 bits per heavy atom. The summed E-state index contributed by atoms with van der Waals surface area (Å²) in [6.07, 6.45) is 3.17. The normalized spacial score (nSPS) is 26.2. The van der Waals surface area contributed by atoms with Crippen molar-refractivity contribution >= 4 is 29.1 Å². The predicted molar refractivity (Wildman–Crippen MR) is 76.7 cm³/mol. The second-order valence-corrected chi connectivity index (χ2v) is 7.01. The molecule has 1 aromatic rings. The quantitative estimate of drug-likeness (QED) is 0.876. The number of amides is 1. The number of rotatable bonds is 2. The van der Waals surface area contributed by atoms with Crippen LogP contribution in [0, 0.1) is 11.3 Å². The fraction of sp³-hybridized carbons (Fsp3) is 0.692. The van der Waals surface area contributed by atoms with E-state index in [2.05, 4.69) is 36.1 Å². The van der Waals surface area contributed by atoms with E-state index in [9.17, 15) is 4.79 Å². The van der Waals surface area contributed by atoms with Crippen LogP contribution < -0.4 is 5.32 Å². The number of aromatic amines is 1. The van der Waals surface area contributed by atoms with Gasteiger partial charge in [0.25, 0.3) is 5.91 Å². The van der Waals surface area contributed by atoms with Crippen molar-refractivity contribution in [3.63, 3.8) is 0 Å². The van der Waals surface area contributed by atoms with E-state index in [0.29, 0.717) is 5.92 Å². The van der Waals surface area contributed by atoms with E-state index in [0.717, 1.165) is 12.8 Å². The van der Waals surface area contributed by atoms with Gasteiger partial charge >= 0.3 is 0 Å². The van der Waals surface area contributed by atoms with E-state index in [1.54, 1.807) is 0 Å². The lowest BCUT2D eigenvalue weighted by atomic mass is 9.70. The first-order chi connectivity index (χ1) is 8.77. The molecule has 0 radical (unpaired) electrons. The van der Waals surface area contributed by atoms with Crippen LogP contribution >= 0.6 is 23.2 Å². The van der Waals surface area contributed by atoms with Gasteiger partial charge in [-0.25, -0.2) is 4.98 Å². The number of H-pyrrole nitrogens is 1. The molecule has 0 saturated heterocycles. The molecule has 2 atom stereocenters. The number of carbonyl (C=O) groups excluding carboxylic acids is 1. The van der Waals surface area contributed by atoms with Gasteiger partial charge in [0.1, 0.15) is 5.15 Å². The average Bonchev–Trinajstić information content (AvgIpc) is 2.56. The van der Waals surface area contributed by atoms with E-state index in [1.807, 2.05) is 0 Å². The summed E-state index contributed by atoms with van der Waals surface area (Å²) >= 11 is 11.5. The summed E-state index contributed by atoms with van der Waals surface area (Å²) in [5.74, 6) is 0.535. The van der Waals surface area contributed by atoms with Crippen molar-refractivity contribution in [3.05, 3.63) is 16.1 Å². The maximum atomic E-state index is 12.1. The molecule has 4 nitrogen and oxygen atoms in total. The van der Waals surface area contributed by atoms with Crippen LogP contribution in [0.2, 0.25) is 10.3 Å². The number of nitrogens with one attached hydrogen (secondary N) is 2. The van der Waals surface area contributed by atoms with Gasteiger partial charge in [-0.1, -0.05) is 44.0 Å². The van der Waals surface area contributed by atoms with Gasteiger partial charge in [-0.05, 0) is 30.6 Å². The van der Waals surface area contributed by atoms with Crippen LogP contribution in [0.1, 0.15) is 50.7 Å². The Balaban J connectivity index is 2.02. The summed E-state index contributed by atoms with van der Waals surface area (Å²) in [4.78, 5) is 18.6. The fourth-order valence-corrected chi connectivity index (χ4v) is 3.41. The number of halogens is 2. The molecule has 1 saturated carbocycles. The van der Waals surface area contributed by atoms with Gasteiger partial charge in [-0.3, -0.25) is 4.79 Å². The molecule has 19 heavy (non-hydrogen) atoms. The fourth-order valence-electron chi connectivity index (χ4n) is 3.15. The van der Waals surface area contributed by atoms with Crippen molar-refractivity contribution < 1.29 is 4.79 Å². The third-order valence-electron chi connectivity index (χ3n) is 3.56. The number of hydrogen-bond acceptors (Lipinski definition) is 2. The smallest absolute Gasteiger partial charge is 0.287 e. The largest absolute Gasteiger partial charge is 0.347 e. The van der Waals surface area contributed by atoms with E-state index in [1.165, 1.54) is 6.42 Å².